The number of para-hydroxylation sites is 2. The molecular weight excluding hydrogens is 298 g/mol. The smallest absolute Gasteiger partial charge is 0.245 e. The Balaban J connectivity index is 1.83. The molecule has 0 saturated carbocycles. The van der Waals surface area contributed by atoms with Gasteiger partial charge in [0, 0.05) is 35.4 Å². The topological polar surface area (TPSA) is 55.2 Å². The van der Waals surface area contributed by atoms with Crippen LogP contribution in [0.2, 0.25) is 0 Å². The molecule has 0 spiro atoms. The third kappa shape index (κ3) is 2.92. The van der Waals surface area contributed by atoms with Crippen LogP contribution in [0.4, 0.5) is 0 Å². The number of nitrogens with zero attached hydrogens (tertiary/aromatic N) is 3. The van der Waals surface area contributed by atoms with Crippen LogP contribution in [0.25, 0.3) is 11.0 Å². The van der Waals surface area contributed by atoms with E-state index in [-0.39, 0.29) is 17.9 Å². The van der Waals surface area contributed by atoms with Gasteiger partial charge >= 0.3 is 0 Å². The Kier molecular flexibility index (Phi) is 4.29. The van der Waals surface area contributed by atoms with Gasteiger partial charge in [0.05, 0.1) is 17.4 Å². The molecule has 1 aliphatic rings. The van der Waals surface area contributed by atoms with Crippen molar-refractivity contribution in [3.05, 3.63) is 30.6 Å². The van der Waals surface area contributed by atoms with Crippen molar-refractivity contribution < 1.29 is 9.00 Å². The molecule has 0 aliphatic carbocycles. The molecule has 1 aliphatic heterocycles. The molecule has 3 atom stereocenters. The van der Waals surface area contributed by atoms with Crippen molar-refractivity contribution >= 4 is 27.7 Å². The van der Waals surface area contributed by atoms with Gasteiger partial charge in [0.25, 0.3) is 0 Å². The summed E-state index contributed by atoms with van der Waals surface area (Å²) in [6.07, 6.45) is 1.73. The molecule has 1 fully saturated rings. The maximum Gasteiger partial charge on any atom is 0.245 e. The number of hydrogen-bond donors (Lipinski definition) is 0. The summed E-state index contributed by atoms with van der Waals surface area (Å²) in [5.74, 6) is 1.62. The molecule has 1 saturated heterocycles. The van der Waals surface area contributed by atoms with Crippen LogP contribution in [-0.4, -0.2) is 49.2 Å². The zero-order valence-electron chi connectivity index (χ0n) is 12.9. The number of benzene rings is 1. The number of rotatable bonds is 2. The molecule has 6 heteroatoms. The molecule has 3 unspecified atom stereocenters. The van der Waals surface area contributed by atoms with Crippen molar-refractivity contribution in [2.24, 2.45) is 5.92 Å². The molecular formula is C16H21N3O2S. The third-order valence-corrected chi connectivity index (χ3v) is 5.74. The highest BCUT2D eigenvalue weighted by Gasteiger charge is 2.27. The zero-order chi connectivity index (χ0) is 15.7. The third-order valence-electron chi connectivity index (χ3n) is 4.16. The van der Waals surface area contributed by atoms with Crippen molar-refractivity contribution in [1.82, 2.24) is 14.5 Å². The average Bonchev–Trinajstić information content (AvgIpc) is 2.85. The maximum absolute atomic E-state index is 12.8. The van der Waals surface area contributed by atoms with Crippen molar-refractivity contribution in [1.29, 1.82) is 0 Å². The van der Waals surface area contributed by atoms with Gasteiger partial charge in [0.15, 0.2) is 0 Å². The first-order valence-corrected chi connectivity index (χ1v) is 9.10. The monoisotopic (exact) mass is 319 g/mol. The number of amides is 1. The van der Waals surface area contributed by atoms with Gasteiger partial charge in [-0.05, 0) is 25.0 Å². The van der Waals surface area contributed by atoms with E-state index in [4.69, 9.17) is 0 Å². The van der Waals surface area contributed by atoms with E-state index in [1.54, 1.807) is 6.33 Å². The summed E-state index contributed by atoms with van der Waals surface area (Å²) in [6, 6.07) is 7.52. The van der Waals surface area contributed by atoms with Gasteiger partial charge in [-0.15, -0.1) is 0 Å². The maximum atomic E-state index is 12.8. The first kappa shape index (κ1) is 15.2. The molecule has 1 amide bonds. The number of carbonyl (C=O) groups excluding carboxylic acids is 1. The predicted molar refractivity (Wildman–Crippen MR) is 88.1 cm³/mol. The number of imidazole rings is 1. The van der Waals surface area contributed by atoms with E-state index in [0.29, 0.717) is 24.6 Å². The van der Waals surface area contributed by atoms with Gasteiger partial charge in [-0.3, -0.25) is 9.00 Å². The van der Waals surface area contributed by atoms with Crippen LogP contribution in [0.15, 0.2) is 30.6 Å². The fourth-order valence-corrected chi connectivity index (χ4v) is 4.33. The summed E-state index contributed by atoms with van der Waals surface area (Å²) in [4.78, 5) is 19.0. The number of aromatic nitrogens is 2. The lowest BCUT2D eigenvalue weighted by Crippen LogP contribution is -2.39. The van der Waals surface area contributed by atoms with Crippen LogP contribution in [0.3, 0.4) is 0 Å². The SMILES string of the molecule is CC1CN(C(=O)C(C)n2cnc3ccccc32)CCS(=O)C1. The minimum Gasteiger partial charge on any atom is -0.340 e. The van der Waals surface area contributed by atoms with Gasteiger partial charge in [0.2, 0.25) is 5.91 Å². The fraction of sp³-hybridized carbons (Fsp3) is 0.500. The van der Waals surface area contributed by atoms with E-state index < -0.39 is 10.8 Å². The Bertz CT molecular complexity index is 712. The standard InChI is InChI=1S/C16H21N3O2S/c1-12-9-18(7-8-22(21)10-12)16(20)13(2)19-11-17-14-5-3-4-6-15(14)19/h3-6,11-13H,7-10H2,1-2H3. The first-order chi connectivity index (χ1) is 10.6. The Morgan fingerprint density at radius 1 is 1.41 bits per heavy atom. The van der Waals surface area contributed by atoms with Crippen LogP contribution in [-0.2, 0) is 15.6 Å². The first-order valence-electron chi connectivity index (χ1n) is 7.61. The van der Waals surface area contributed by atoms with Crippen molar-refractivity contribution in [2.75, 3.05) is 24.6 Å². The minimum atomic E-state index is -0.810. The molecule has 2 aromatic rings. The molecule has 0 bridgehead atoms. The Morgan fingerprint density at radius 3 is 3.00 bits per heavy atom. The van der Waals surface area contributed by atoms with Gasteiger partial charge < -0.3 is 9.47 Å². The second-order valence-corrected chi connectivity index (χ2v) is 7.64. The quantitative estimate of drug-likeness (QED) is 0.848. The van der Waals surface area contributed by atoms with Crippen LogP contribution in [0.1, 0.15) is 19.9 Å². The van der Waals surface area contributed by atoms with Crippen LogP contribution in [0.5, 0.6) is 0 Å². The molecule has 0 N–H and O–H groups in total. The lowest BCUT2D eigenvalue weighted by atomic mass is 10.2. The van der Waals surface area contributed by atoms with Crippen molar-refractivity contribution in [3.63, 3.8) is 0 Å². The Hall–Kier alpha value is -1.69. The molecule has 118 valence electrons. The van der Waals surface area contributed by atoms with Gasteiger partial charge in [-0.1, -0.05) is 19.1 Å². The highest BCUT2D eigenvalue weighted by atomic mass is 32.2. The van der Waals surface area contributed by atoms with E-state index in [9.17, 15) is 9.00 Å². The highest BCUT2D eigenvalue weighted by molar-refractivity contribution is 7.85. The highest BCUT2D eigenvalue weighted by Crippen LogP contribution is 2.20. The summed E-state index contributed by atoms with van der Waals surface area (Å²) >= 11 is 0. The summed E-state index contributed by atoms with van der Waals surface area (Å²) in [5, 5.41) is 0. The van der Waals surface area contributed by atoms with E-state index in [0.717, 1.165) is 11.0 Å². The van der Waals surface area contributed by atoms with E-state index >= 15 is 0 Å². The zero-order valence-corrected chi connectivity index (χ0v) is 13.8. The molecule has 1 aromatic carbocycles. The van der Waals surface area contributed by atoms with Crippen LogP contribution in [0, 0.1) is 5.92 Å². The number of hydrogen-bond acceptors (Lipinski definition) is 3. The lowest BCUT2D eigenvalue weighted by Gasteiger charge is -2.26. The molecule has 5 nitrogen and oxygen atoms in total. The van der Waals surface area contributed by atoms with Crippen LogP contribution >= 0.6 is 0 Å². The molecule has 22 heavy (non-hydrogen) atoms. The van der Waals surface area contributed by atoms with Crippen molar-refractivity contribution in [2.45, 2.75) is 19.9 Å². The summed E-state index contributed by atoms with van der Waals surface area (Å²) in [7, 11) is -0.810. The Labute approximate surface area is 132 Å². The summed E-state index contributed by atoms with van der Waals surface area (Å²) in [5.41, 5.74) is 1.86. The molecule has 2 heterocycles. The summed E-state index contributed by atoms with van der Waals surface area (Å²) in [6.45, 7) is 5.22. The van der Waals surface area contributed by atoms with Gasteiger partial charge in [-0.25, -0.2) is 4.98 Å². The van der Waals surface area contributed by atoms with Crippen molar-refractivity contribution in [3.8, 4) is 0 Å². The van der Waals surface area contributed by atoms with Gasteiger partial charge in [0.1, 0.15) is 6.04 Å². The number of fused-ring (bicyclic) bond motifs is 1. The average molecular weight is 319 g/mol. The number of carbonyl (C=O) groups is 1. The molecule has 3 rings (SSSR count). The minimum absolute atomic E-state index is 0.0777. The molecule has 1 aromatic heterocycles. The fourth-order valence-electron chi connectivity index (χ4n) is 3.00. The van der Waals surface area contributed by atoms with E-state index in [2.05, 4.69) is 11.9 Å². The predicted octanol–water partition coefficient (Wildman–Crippen LogP) is 1.82. The second kappa shape index (κ2) is 6.20. The second-order valence-electron chi connectivity index (χ2n) is 6.02. The van der Waals surface area contributed by atoms with E-state index in [1.165, 1.54) is 0 Å². The van der Waals surface area contributed by atoms with E-state index in [1.807, 2.05) is 40.7 Å². The van der Waals surface area contributed by atoms with Crippen LogP contribution < -0.4 is 0 Å². The normalized spacial score (nSPS) is 24.2. The summed E-state index contributed by atoms with van der Waals surface area (Å²) < 4.78 is 13.7. The lowest BCUT2D eigenvalue weighted by molar-refractivity contribution is -0.134. The molecule has 0 radical (unpaired) electrons. The largest absolute Gasteiger partial charge is 0.340 e. The Morgan fingerprint density at radius 2 is 2.18 bits per heavy atom. The van der Waals surface area contributed by atoms with Gasteiger partial charge in [-0.2, -0.15) is 0 Å².